The third-order valence-corrected chi connectivity index (χ3v) is 6.15. The van der Waals surface area contributed by atoms with Crippen molar-refractivity contribution in [3.8, 4) is 11.5 Å². The highest BCUT2D eigenvalue weighted by atomic mass is 32.2. The van der Waals surface area contributed by atoms with Crippen LogP contribution in [0.4, 0.5) is 0 Å². The van der Waals surface area contributed by atoms with Crippen molar-refractivity contribution in [2.75, 3.05) is 25.4 Å². The average Bonchev–Trinajstić information content (AvgIpc) is 3.28. The highest BCUT2D eigenvalue weighted by Crippen LogP contribution is 2.31. The van der Waals surface area contributed by atoms with Crippen molar-refractivity contribution in [2.45, 2.75) is 37.5 Å². The maximum absolute atomic E-state index is 12.8. The maximum atomic E-state index is 12.8. The zero-order valence-corrected chi connectivity index (χ0v) is 19.1. The van der Waals surface area contributed by atoms with E-state index in [1.807, 2.05) is 49.4 Å². The largest absolute Gasteiger partial charge is 0.486 e. The lowest BCUT2D eigenvalue weighted by molar-refractivity contribution is -0.129. The molecule has 8 heteroatoms. The van der Waals surface area contributed by atoms with Crippen LogP contribution in [0, 0.1) is 0 Å². The fourth-order valence-electron chi connectivity index (χ4n) is 3.56. The number of ether oxygens (including phenoxy) is 2. The fourth-order valence-corrected chi connectivity index (χ4v) is 4.24. The molecule has 2 heterocycles. The standard InChI is InChI=1S/C24H27N3O4S/c1-3-27(14-19-15-29-20-11-7-8-12-21(20)30-19)23(28)16-32-24-26-25-22(31-24)13-17(2)18-9-5-4-6-10-18/h4-12,17,19H,3,13-16H2,1-2H3. The van der Waals surface area contributed by atoms with Gasteiger partial charge in [-0.05, 0) is 30.5 Å². The lowest BCUT2D eigenvalue weighted by atomic mass is 9.98. The van der Waals surface area contributed by atoms with Gasteiger partial charge in [0.2, 0.25) is 11.8 Å². The molecule has 2 atom stereocenters. The van der Waals surface area contributed by atoms with Crippen LogP contribution in [0.1, 0.15) is 31.2 Å². The van der Waals surface area contributed by atoms with Crippen molar-refractivity contribution in [1.82, 2.24) is 15.1 Å². The van der Waals surface area contributed by atoms with E-state index in [0.29, 0.717) is 43.0 Å². The number of benzene rings is 2. The summed E-state index contributed by atoms with van der Waals surface area (Å²) in [5.74, 6) is 2.53. The molecule has 2 aromatic carbocycles. The summed E-state index contributed by atoms with van der Waals surface area (Å²) in [6.07, 6.45) is 0.459. The second kappa shape index (κ2) is 10.5. The summed E-state index contributed by atoms with van der Waals surface area (Å²) >= 11 is 1.26. The van der Waals surface area contributed by atoms with Gasteiger partial charge in [0.1, 0.15) is 6.61 Å². The second-order valence-electron chi connectivity index (χ2n) is 7.70. The van der Waals surface area contributed by atoms with E-state index in [-0.39, 0.29) is 23.7 Å². The van der Waals surface area contributed by atoms with Crippen molar-refractivity contribution in [3.05, 3.63) is 66.1 Å². The van der Waals surface area contributed by atoms with Crippen LogP contribution in [0.3, 0.4) is 0 Å². The molecule has 0 spiro atoms. The highest BCUT2D eigenvalue weighted by Gasteiger charge is 2.25. The molecule has 0 aliphatic carbocycles. The minimum atomic E-state index is -0.201. The monoisotopic (exact) mass is 453 g/mol. The summed E-state index contributed by atoms with van der Waals surface area (Å²) in [5.41, 5.74) is 1.23. The van der Waals surface area contributed by atoms with Gasteiger partial charge in [0.15, 0.2) is 17.6 Å². The molecule has 1 amide bonds. The number of carbonyl (C=O) groups is 1. The Balaban J connectivity index is 1.26. The number of nitrogens with zero attached hydrogens (tertiary/aromatic N) is 3. The van der Waals surface area contributed by atoms with Crippen LogP contribution in [0.5, 0.6) is 11.5 Å². The summed E-state index contributed by atoms with van der Waals surface area (Å²) in [6.45, 7) is 5.56. The average molecular weight is 454 g/mol. The number of hydrogen-bond acceptors (Lipinski definition) is 7. The maximum Gasteiger partial charge on any atom is 0.277 e. The van der Waals surface area contributed by atoms with E-state index in [2.05, 4.69) is 29.3 Å². The van der Waals surface area contributed by atoms with Crippen molar-refractivity contribution in [3.63, 3.8) is 0 Å². The zero-order chi connectivity index (χ0) is 22.3. The number of para-hydroxylation sites is 2. The third kappa shape index (κ3) is 5.62. The molecule has 7 nitrogen and oxygen atoms in total. The molecular weight excluding hydrogens is 426 g/mol. The topological polar surface area (TPSA) is 77.7 Å². The number of likely N-dealkylation sites (N-methyl/N-ethyl adjacent to an activating group) is 1. The lowest BCUT2D eigenvalue weighted by Gasteiger charge is -2.30. The van der Waals surface area contributed by atoms with Crippen molar-refractivity contribution in [1.29, 1.82) is 0 Å². The Hall–Kier alpha value is -3.00. The van der Waals surface area contributed by atoms with Crippen LogP contribution < -0.4 is 9.47 Å². The Morgan fingerprint density at radius 3 is 2.66 bits per heavy atom. The first-order valence-electron chi connectivity index (χ1n) is 10.8. The van der Waals surface area contributed by atoms with Crippen molar-refractivity contribution < 1.29 is 18.7 Å². The van der Waals surface area contributed by atoms with E-state index in [1.54, 1.807) is 4.90 Å². The Kier molecular flexibility index (Phi) is 7.32. The summed E-state index contributed by atoms with van der Waals surface area (Å²) < 4.78 is 17.5. The molecule has 168 valence electrons. The second-order valence-corrected chi connectivity index (χ2v) is 8.62. The van der Waals surface area contributed by atoms with E-state index in [4.69, 9.17) is 13.9 Å². The number of carbonyl (C=O) groups excluding carboxylic acids is 1. The van der Waals surface area contributed by atoms with Crippen LogP contribution in [-0.4, -0.2) is 52.6 Å². The lowest BCUT2D eigenvalue weighted by Crippen LogP contribution is -2.44. The number of amides is 1. The molecule has 0 radical (unpaired) electrons. The predicted molar refractivity (Wildman–Crippen MR) is 122 cm³/mol. The van der Waals surface area contributed by atoms with Gasteiger partial charge in [-0.2, -0.15) is 0 Å². The van der Waals surface area contributed by atoms with Gasteiger partial charge in [-0.3, -0.25) is 4.79 Å². The van der Waals surface area contributed by atoms with Gasteiger partial charge in [0.05, 0.1) is 12.3 Å². The molecular formula is C24H27N3O4S. The van der Waals surface area contributed by atoms with Gasteiger partial charge in [0.25, 0.3) is 5.22 Å². The summed E-state index contributed by atoms with van der Waals surface area (Å²) in [4.78, 5) is 14.5. The van der Waals surface area contributed by atoms with E-state index in [9.17, 15) is 4.79 Å². The molecule has 2 unspecified atom stereocenters. The Labute approximate surface area is 192 Å². The quantitative estimate of drug-likeness (QED) is 0.450. The zero-order valence-electron chi connectivity index (χ0n) is 18.3. The normalized spacial score (nSPS) is 15.9. The number of fused-ring (bicyclic) bond motifs is 1. The molecule has 1 aromatic heterocycles. The molecule has 0 saturated carbocycles. The summed E-state index contributed by atoms with van der Waals surface area (Å²) in [6, 6.07) is 17.8. The van der Waals surface area contributed by atoms with Crippen LogP contribution in [-0.2, 0) is 11.2 Å². The number of thioether (sulfide) groups is 1. The van der Waals surface area contributed by atoms with E-state index in [0.717, 1.165) is 5.75 Å². The first-order valence-corrected chi connectivity index (χ1v) is 11.8. The van der Waals surface area contributed by atoms with Gasteiger partial charge < -0.3 is 18.8 Å². The van der Waals surface area contributed by atoms with Crippen LogP contribution in [0.2, 0.25) is 0 Å². The van der Waals surface area contributed by atoms with Gasteiger partial charge in [0, 0.05) is 13.0 Å². The van der Waals surface area contributed by atoms with Gasteiger partial charge >= 0.3 is 0 Å². The van der Waals surface area contributed by atoms with Gasteiger partial charge in [-0.25, -0.2) is 0 Å². The molecule has 0 saturated heterocycles. The highest BCUT2D eigenvalue weighted by molar-refractivity contribution is 7.99. The minimum absolute atomic E-state index is 0.00244. The van der Waals surface area contributed by atoms with Crippen molar-refractivity contribution in [2.24, 2.45) is 0 Å². The number of rotatable bonds is 9. The Morgan fingerprint density at radius 2 is 1.88 bits per heavy atom. The van der Waals surface area contributed by atoms with Crippen LogP contribution >= 0.6 is 11.8 Å². The molecule has 32 heavy (non-hydrogen) atoms. The van der Waals surface area contributed by atoms with Gasteiger partial charge in [-0.1, -0.05) is 61.2 Å². The summed E-state index contributed by atoms with van der Waals surface area (Å²) in [5, 5.41) is 8.65. The Bertz CT molecular complexity index is 1030. The smallest absolute Gasteiger partial charge is 0.277 e. The first kappa shape index (κ1) is 22.2. The number of aromatic nitrogens is 2. The molecule has 1 aliphatic heterocycles. The molecule has 0 N–H and O–H groups in total. The SMILES string of the molecule is CCN(CC1COc2ccccc2O1)C(=O)CSc1nnc(CC(C)c2ccccc2)o1. The molecule has 4 rings (SSSR count). The van der Waals surface area contributed by atoms with Gasteiger partial charge in [-0.15, -0.1) is 10.2 Å². The van der Waals surface area contributed by atoms with Crippen LogP contribution in [0.15, 0.2) is 64.2 Å². The van der Waals surface area contributed by atoms with E-state index >= 15 is 0 Å². The van der Waals surface area contributed by atoms with E-state index in [1.165, 1.54) is 17.3 Å². The Morgan fingerprint density at radius 1 is 1.12 bits per heavy atom. The number of hydrogen-bond donors (Lipinski definition) is 0. The minimum Gasteiger partial charge on any atom is -0.486 e. The van der Waals surface area contributed by atoms with Crippen LogP contribution in [0.25, 0.3) is 0 Å². The van der Waals surface area contributed by atoms with Crippen molar-refractivity contribution >= 4 is 17.7 Å². The first-order chi connectivity index (χ1) is 15.6. The molecule has 1 aliphatic rings. The molecule has 3 aromatic rings. The predicted octanol–water partition coefficient (Wildman–Crippen LogP) is 4.20. The summed E-state index contributed by atoms with van der Waals surface area (Å²) in [7, 11) is 0. The fraction of sp³-hybridized carbons (Fsp3) is 0.375. The molecule has 0 bridgehead atoms. The third-order valence-electron chi connectivity index (χ3n) is 5.34. The van der Waals surface area contributed by atoms with E-state index < -0.39 is 0 Å². The molecule has 0 fully saturated rings.